The predicted molar refractivity (Wildman–Crippen MR) is 118 cm³/mol. The van der Waals surface area contributed by atoms with E-state index in [1.54, 1.807) is 24.3 Å². The van der Waals surface area contributed by atoms with Crippen LogP contribution in [0.25, 0.3) is 0 Å². The van der Waals surface area contributed by atoms with Crippen LogP contribution in [0.1, 0.15) is 38.8 Å². The lowest BCUT2D eigenvalue weighted by Crippen LogP contribution is -2.22. The number of halogens is 4. The second kappa shape index (κ2) is 8.76. The molecule has 2 aromatic carbocycles. The van der Waals surface area contributed by atoms with Crippen LogP contribution in [-0.2, 0) is 15.0 Å². The van der Waals surface area contributed by atoms with Crippen LogP contribution in [0.3, 0.4) is 0 Å². The zero-order valence-electron chi connectivity index (χ0n) is 15.0. The van der Waals surface area contributed by atoms with Crippen LogP contribution < -0.4 is 9.47 Å². The number of ether oxygens (including phenoxy) is 2. The summed E-state index contributed by atoms with van der Waals surface area (Å²) < 4.78 is 13.5. The zero-order chi connectivity index (χ0) is 20.5. The van der Waals surface area contributed by atoms with Gasteiger partial charge in [-0.3, -0.25) is 9.59 Å². The third-order valence-corrected chi connectivity index (χ3v) is 6.31. The molecule has 0 amide bonds. The molecule has 0 radical (unpaired) electrons. The maximum atomic E-state index is 11.2. The first-order valence-corrected chi connectivity index (χ1v) is 11.0. The SMILES string of the molecule is CC(=O)Oc1cc(Br)c(C(C)(C)c2c(Br)cc(OC(C)=O)cc2Br)c(Br)c1. The van der Waals surface area contributed by atoms with Gasteiger partial charge < -0.3 is 9.47 Å². The van der Waals surface area contributed by atoms with Gasteiger partial charge in [0.25, 0.3) is 0 Å². The standard InChI is InChI=1S/C19H16Br4O4/c1-9(24)26-11-5-13(20)17(14(21)6-11)19(3,4)18-15(22)7-12(8-16(18)23)27-10(2)25/h5-8H,1-4H3. The first-order valence-electron chi connectivity index (χ1n) is 7.79. The van der Waals surface area contributed by atoms with E-state index in [2.05, 4.69) is 77.6 Å². The monoisotopic (exact) mass is 624 g/mol. The van der Waals surface area contributed by atoms with E-state index in [-0.39, 0.29) is 11.9 Å². The van der Waals surface area contributed by atoms with Crippen LogP contribution in [-0.4, -0.2) is 11.9 Å². The van der Waals surface area contributed by atoms with E-state index in [9.17, 15) is 9.59 Å². The molecule has 0 aliphatic heterocycles. The molecule has 0 spiro atoms. The van der Waals surface area contributed by atoms with Crippen LogP contribution in [0.15, 0.2) is 42.2 Å². The molecule has 2 aromatic rings. The maximum absolute atomic E-state index is 11.2. The Morgan fingerprint density at radius 2 is 0.963 bits per heavy atom. The normalized spacial score (nSPS) is 11.3. The second-order valence-corrected chi connectivity index (χ2v) is 9.75. The molecule has 0 saturated carbocycles. The minimum Gasteiger partial charge on any atom is -0.427 e. The van der Waals surface area contributed by atoms with Crippen LogP contribution in [0.5, 0.6) is 11.5 Å². The third-order valence-electron chi connectivity index (χ3n) is 3.80. The topological polar surface area (TPSA) is 52.6 Å². The Kier molecular flexibility index (Phi) is 7.33. The van der Waals surface area contributed by atoms with Crippen LogP contribution in [0.4, 0.5) is 0 Å². The van der Waals surface area contributed by atoms with Crippen molar-refractivity contribution in [3.63, 3.8) is 0 Å². The van der Waals surface area contributed by atoms with E-state index < -0.39 is 5.41 Å². The van der Waals surface area contributed by atoms with Crippen molar-refractivity contribution in [3.8, 4) is 11.5 Å². The minimum absolute atomic E-state index is 0.382. The fourth-order valence-corrected chi connectivity index (χ4v) is 7.14. The number of hydrogen-bond donors (Lipinski definition) is 0. The van der Waals surface area contributed by atoms with E-state index in [0.717, 1.165) is 29.0 Å². The lowest BCUT2D eigenvalue weighted by atomic mass is 9.78. The molecule has 0 unspecified atom stereocenters. The fraction of sp³-hybridized carbons (Fsp3) is 0.263. The maximum Gasteiger partial charge on any atom is 0.308 e. The fourth-order valence-electron chi connectivity index (χ4n) is 2.87. The zero-order valence-corrected chi connectivity index (χ0v) is 21.3. The molecule has 0 aromatic heterocycles. The lowest BCUT2D eigenvalue weighted by Gasteiger charge is -2.31. The summed E-state index contributed by atoms with van der Waals surface area (Å²) in [6.07, 6.45) is 0. The van der Waals surface area contributed by atoms with Crippen molar-refractivity contribution in [1.82, 2.24) is 0 Å². The molecule has 2 rings (SSSR count). The number of carbonyl (C=O) groups excluding carboxylic acids is 2. The van der Waals surface area contributed by atoms with Crippen molar-refractivity contribution in [3.05, 3.63) is 53.3 Å². The highest BCUT2D eigenvalue weighted by molar-refractivity contribution is 9.11. The summed E-state index contributed by atoms with van der Waals surface area (Å²) >= 11 is 14.4. The highest BCUT2D eigenvalue weighted by atomic mass is 79.9. The number of esters is 2. The van der Waals surface area contributed by atoms with Crippen molar-refractivity contribution in [1.29, 1.82) is 0 Å². The Labute approximate surface area is 191 Å². The van der Waals surface area contributed by atoms with Gasteiger partial charge in [-0.15, -0.1) is 0 Å². The molecule has 0 atom stereocenters. The molecular weight excluding hydrogens is 612 g/mol. The van der Waals surface area contributed by atoms with Gasteiger partial charge in [0, 0.05) is 37.2 Å². The van der Waals surface area contributed by atoms with Crippen LogP contribution in [0, 0.1) is 0 Å². The van der Waals surface area contributed by atoms with Crippen molar-refractivity contribution in [2.24, 2.45) is 0 Å². The van der Waals surface area contributed by atoms with Gasteiger partial charge in [-0.05, 0) is 35.4 Å². The van der Waals surface area contributed by atoms with Gasteiger partial charge in [-0.25, -0.2) is 0 Å². The first kappa shape index (κ1) is 22.6. The van der Waals surface area contributed by atoms with Gasteiger partial charge in [0.1, 0.15) is 11.5 Å². The van der Waals surface area contributed by atoms with Crippen molar-refractivity contribution >= 4 is 75.7 Å². The highest BCUT2D eigenvalue weighted by Gasteiger charge is 2.32. The van der Waals surface area contributed by atoms with Gasteiger partial charge in [-0.2, -0.15) is 0 Å². The number of carbonyl (C=O) groups is 2. The Morgan fingerprint density at radius 1 is 0.704 bits per heavy atom. The largest absolute Gasteiger partial charge is 0.427 e. The van der Waals surface area contributed by atoms with Gasteiger partial charge in [-0.1, -0.05) is 77.6 Å². The van der Waals surface area contributed by atoms with Crippen molar-refractivity contribution in [2.45, 2.75) is 33.1 Å². The molecule has 0 aliphatic rings. The molecular formula is C19H16Br4O4. The Balaban J connectivity index is 2.59. The summed E-state index contributed by atoms with van der Waals surface area (Å²) in [7, 11) is 0. The van der Waals surface area contributed by atoms with Gasteiger partial charge in [0.15, 0.2) is 0 Å². The molecule has 0 heterocycles. The number of rotatable bonds is 4. The minimum atomic E-state index is -0.459. The van der Waals surface area contributed by atoms with Crippen LogP contribution >= 0.6 is 63.7 Å². The molecule has 8 heteroatoms. The quantitative estimate of drug-likeness (QED) is 0.273. The van der Waals surface area contributed by atoms with E-state index in [1.807, 2.05) is 0 Å². The molecule has 0 aliphatic carbocycles. The van der Waals surface area contributed by atoms with Crippen molar-refractivity contribution in [2.75, 3.05) is 0 Å². The summed E-state index contributed by atoms with van der Waals surface area (Å²) in [5.41, 5.74) is 1.49. The average molecular weight is 628 g/mol. The van der Waals surface area contributed by atoms with E-state index in [1.165, 1.54) is 13.8 Å². The summed E-state index contributed by atoms with van der Waals surface area (Å²) in [5, 5.41) is 0. The predicted octanol–water partition coefficient (Wildman–Crippen LogP) is 6.91. The van der Waals surface area contributed by atoms with Gasteiger partial charge in [0.05, 0.1) is 0 Å². The summed E-state index contributed by atoms with van der Waals surface area (Å²) in [4.78, 5) is 22.5. The number of hydrogen-bond acceptors (Lipinski definition) is 4. The van der Waals surface area contributed by atoms with Gasteiger partial charge >= 0.3 is 11.9 Å². The molecule has 27 heavy (non-hydrogen) atoms. The number of benzene rings is 2. The van der Waals surface area contributed by atoms with E-state index in [4.69, 9.17) is 9.47 Å². The second-order valence-electron chi connectivity index (χ2n) is 6.34. The van der Waals surface area contributed by atoms with Crippen molar-refractivity contribution < 1.29 is 19.1 Å². The Bertz CT molecular complexity index is 802. The lowest BCUT2D eigenvalue weighted by molar-refractivity contribution is -0.132. The first-order chi connectivity index (χ1) is 12.4. The molecule has 0 N–H and O–H groups in total. The molecule has 0 bridgehead atoms. The highest BCUT2D eigenvalue weighted by Crippen LogP contribution is 2.47. The van der Waals surface area contributed by atoms with Crippen LogP contribution in [0.2, 0.25) is 0 Å². The van der Waals surface area contributed by atoms with E-state index >= 15 is 0 Å². The molecule has 0 fully saturated rings. The summed E-state index contributed by atoms with van der Waals surface area (Å²) in [6, 6.07) is 7.05. The Morgan fingerprint density at radius 3 is 1.19 bits per heavy atom. The third kappa shape index (κ3) is 5.22. The van der Waals surface area contributed by atoms with Gasteiger partial charge in [0.2, 0.25) is 0 Å². The summed E-state index contributed by atoms with van der Waals surface area (Å²) in [5.74, 6) is 0.132. The summed E-state index contributed by atoms with van der Waals surface area (Å²) in [6.45, 7) is 6.86. The smallest absolute Gasteiger partial charge is 0.308 e. The Hall–Kier alpha value is -0.700. The van der Waals surface area contributed by atoms with E-state index in [0.29, 0.717) is 11.5 Å². The molecule has 0 saturated heterocycles. The molecule has 4 nitrogen and oxygen atoms in total. The molecule has 144 valence electrons. The average Bonchev–Trinajstić information content (AvgIpc) is 2.42.